The molecule has 100 valence electrons. The van der Waals surface area contributed by atoms with Gasteiger partial charge in [-0.25, -0.2) is 4.98 Å². The smallest absolute Gasteiger partial charge is 0.125 e. The monoisotopic (exact) mass is 247 g/mol. The molecule has 1 aliphatic carbocycles. The summed E-state index contributed by atoms with van der Waals surface area (Å²) in [5.41, 5.74) is 1.30. The molecule has 3 nitrogen and oxygen atoms in total. The number of pyridine rings is 1. The van der Waals surface area contributed by atoms with Gasteiger partial charge in [-0.15, -0.1) is 0 Å². The lowest BCUT2D eigenvalue weighted by molar-refractivity contribution is 0.271. The molecule has 1 fully saturated rings. The topological polar surface area (TPSA) is 28.2 Å². The largest absolute Gasteiger partial charge is 0.370 e. The standard InChI is InChI=1S/C15H25N3/c1-3-16-15-9-8-14(10-17-15)12-18(2)11-13-6-4-5-7-13/h8-10,13H,3-7,11-12H2,1-2H3,(H,16,17). The summed E-state index contributed by atoms with van der Waals surface area (Å²) in [6, 6.07) is 4.25. The Labute approximate surface area is 111 Å². The van der Waals surface area contributed by atoms with Gasteiger partial charge in [0.2, 0.25) is 0 Å². The Kier molecular flexibility index (Phi) is 5.00. The maximum absolute atomic E-state index is 4.42. The minimum absolute atomic E-state index is 0.920. The number of hydrogen-bond acceptors (Lipinski definition) is 3. The van der Waals surface area contributed by atoms with Crippen molar-refractivity contribution in [1.82, 2.24) is 9.88 Å². The first kappa shape index (κ1) is 13.3. The molecule has 0 spiro atoms. The Morgan fingerprint density at radius 2 is 2.11 bits per heavy atom. The van der Waals surface area contributed by atoms with Crippen molar-refractivity contribution in [3.8, 4) is 0 Å². The summed E-state index contributed by atoms with van der Waals surface area (Å²) < 4.78 is 0. The van der Waals surface area contributed by atoms with Gasteiger partial charge in [-0.2, -0.15) is 0 Å². The van der Waals surface area contributed by atoms with Crippen LogP contribution in [0.1, 0.15) is 38.2 Å². The van der Waals surface area contributed by atoms with Gasteiger partial charge in [-0.1, -0.05) is 18.9 Å². The first-order valence-electron chi connectivity index (χ1n) is 7.15. The average Bonchev–Trinajstić information content (AvgIpc) is 2.84. The van der Waals surface area contributed by atoms with E-state index in [-0.39, 0.29) is 0 Å². The van der Waals surface area contributed by atoms with E-state index in [4.69, 9.17) is 0 Å². The zero-order valence-corrected chi connectivity index (χ0v) is 11.7. The van der Waals surface area contributed by atoms with Gasteiger partial charge in [0.25, 0.3) is 0 Å². The van der Waals surface area contributed by atoms with Crippen LogP contribution in [0.2, 0.25) is 0 Å². The van der Waals surface area contributed by atoms with E-state index < -0.39 is 0 Å². The molecule has 1 aliphatic rings. The van der Waals surface area contributed by atoms with E-state index in [0.717, 1.165) is 24.8 Å². The van der Waals surface area contributed by atoms with Crippen molar-refractivity contribution in [2.24, 2.45) is 5.92 Å². The maximum Gasteiger partial charge on any atom is 0.125 e. The van der Waals surface area contributed by atoms with Crippen molar-refractivity contribution in [2.75, 3.05) is 25.5 Å². The molecule has 3 heteroatoms. The van der Waals surface area contributed by atoms with E-state index in [2.05, 4.69) is 41.3 Å². The molecular formula is C15H25N3. The van der Waals surface area contributed by atoms with Crippen molar-refractivity contribution in [3.05, 3.63) is 23.9 Å². The highest BCUT2D eigenvalue weighted by Gasteiger charge is 2.16. The summed E-state index contributed by atoms with van der Waals surface area (Å²) in [6.45, 7) is 5.25. The van der Waals surface area contributed by atoms with Crippen LogP contribution in [0.25, 0.3) is 0 Å². The predicted octanol–water partition coefficient (Wildman–Crippen LogP) is 3.14. The average molecular weight is 247 g/mol. The van der Waals surface area contributed by atoms with Gasteiger partial charge in [0.15, 0.2) is 0 Å². The maximum atomic E-state index is 4.42. The lowest BCUT2D eigenvalue weighted by Crippen LogP contribution is -2.24. The van der Waals surface area contributed by atoms with Gasteiger partial charge in [0.05, 0.1) is 0 Å². The molecular weight excluding hydrogens is 222 g/mol. The number of rotatable bonds is 6. The zero-order chi connectivity index (χ0) is 12.8. The summed E-state index contributed by atoms with van der Waals surface area (Å²) in [5, 5.41) is 3.22. The van der Waals surface area contributed by atoms with Crippen LogP contribution in [0.4, 0.5) is 5.82 Å². The van der Waals surface area contributed by atoms with Crippen LogP contribution in [0.5, 0.6) is 0 Å². The molecule has 0 radical (unpaired) electrons. The SMILES string of the molecule is CCNc1ccc(CN(C)CC2CCCC2)cn1. The second kappa shape index (κ2) is 6.74. The summed E-state index contributed by atoms with van der Waals surface area (Å²) in [6.07, 6.45) is 7.68. The third kappa shape index (κ3) is 3.98. The molecule has 0 amide bonds. The van der Waals surface area contributed by atoms with Gasteiger partial charge in [-0.05, 0) is 44.4 Å². The molecule has 0 saturated heterocycles. The Morgan fingerprint density at radius 1 is 1.33 bits per heavy atom. The summed E-state index contributed by atoms with van der Waals surface area (Å²) in [5.74, 6) is 1.89. The fourth-order valence-electron chi connectivity index (χ4n) is 2.81. The highest BCUT2D eigenvalue weighted by molar-refractivity contribution is 5.35. The molecule has 0 bridgehead atoms. The molecule has 1 heterocycles. The van der Waals surface area contributed by atoms with Crippen molar-refractivity contribution >= 4 is 5.82 Å². The van der Waals surface area contributed by atoms with Gasteiger partial charge < -0.3 is 10.2 Å². The van der Waals surface area contributed by atoms with Crippen LogP contribution >= 0.6 is 0 Å². The minimum Gasteiger partial charge on any atom is -0.370 e. The third-order valence-electron chi connectivity index (χ3n) is 3.68. The van der Waals surface area contributed by atoms with E-state index in [9.17, 15) is 0 Å². The molecule has 0 unspecified atom stereocenters. The number of nitrogens with one attached hydrogen (secondary N) is 1. The van der Waals surface area contributed by atoms with Crippen LogP contribution < -0.4 is 5.32 Å². The van der Waals surface area contributed by atoms with Crippen LogP contribution in [-0.4, -0.2) is 30.0 Å². The summed E-state index contributed by atoms with van der Waals surface area (Å²) in [7, 11) is 2.22. The van der Waals surface area contributed by atoms with Crippen molar-refractivity contribution in [2.45, 2.75) is 39.2 Å². The lowest BCUT2D eigenvalue weighted by Gasteiger charge is -2.20. The first-order valence-corrected chi connectivity index (χ1v) is 7.15. The Morgan fingerprint density at radius 3 is 2.72 bits per heavy atom. The molecule has 0 aromatic carbocycles. The molecule has 1 aromatic rings. The Hall–Kier alpha value is -1.09. The number of anilines is 1. The van der Waals surface area contributed by atoms with Gasteiger partial charge in [0.1, 0.15) is 5.82 Å². The van der Waals surface area contributed by atoms with E-state index in [1.807, 2.05) is 6.20 Å². The highest BCUT2D eigenvalue weighted by atomic mass is 15.1. The van der Waals surface area contributed by atoms with Crippen molar-refractivity contribution < 1.29 is 0 Å². The quantitative estimate of drug-likeness (QED) is 0.837. The van der Waals surface area contributed by atoms with Gasteiger partial charge >= 0.3 is 0 Å². The Balaban J connectivity index is 1.80. The van der Waals surface area contributed by atoms with Crippen LogP contribution in [0.15, 0.2) is 18.3 Å². The highest BCUT2D eigenvalue weighted by Crippen LogP contribution is 2.25. The predicted molar refractivity (Wildman–Crippen MR) is 76.7 cm³/mol. The van der Waals surface area contributed by atoms with E-state index in [0.29, 0.717) is 0 Å². The fourth-order valence-corrected chi connectivity index (χ4v) is 2.81. The molecule has 1 saturated carbocycles. The number of hydrogen-bond donors (Lipinski definition) is 1. The zero-order valence-electron chi connectivity index (χ0n) is 11.7. The van der Waals surface area contributed by atoms with Gasteiger partial charge in [-0.3, -0.25) is 0 Å². The van der Waals surface area contributed by atoms with E-state index >= 15 is 0 Å². The minimum atomic E-state index is 0.920. The summed E-state index contributed by atoms with van der Waals surface area (Å²) >= 11 is 0. The molecule has 1 aromatic heterocycles. The first-order chi connectivity index (χ1) is 8.78. The van der Waals surface area contributed by atoms with Crippen LogP contribution in [0.3, 0.4) is 0 Å². The third-order valence-corrected chi connectivity index (χ3v) is 3.68. The van der Waals surface area contributed by atoms with Crippen LogP contribution in [-0.2, 0) is 6.54 Å². The molecule has 0 atom stereocenters. The second-order valence-electron chi connectivity index (χ2n) is 5.43. The van der Waals surface area contributed by atoms with Crippen molar-refractivity contribution in [3.63, 3.8) is 0 Å². The Bertz CT molecular complexity index is 341. The molecule has 0 aliphatic heterocycles. The van der Waals surface area contributed by atoms with E-state index in [1.54, 1.807) is 0 Å². The van der Waals surface area contributed by atoms with Crippen LogP contribution in [0, 0.1) is 5.92 Å². The number of aromatic nitrogens is 1. The molecule has 18 heavy (non-hydrogen) atoms. The normalized spacial score (nSPS) is 16.4. The number of nitrogens with zero attached hydrogens (tertiary/aromatic N) is 2. The lowest BCUT2D eigenvalue weighted by atomic mass is 10.1. The van der Waals surface area contributed by atoms with Crippen molar-refractivity contribution in [1.29, 1.82) is 0 Å². The van der Waals surface area contributed by atoms with Gasteiger partial charge in [0, 0.05) is 25.8 Å². The summed E-state index contributed by atoms with van der Waals surface area (Å²) in [4.78, 5) is 6.85. The second-order valence-corrected chi connectivity index (χ2v) is 5.43. The molecule has 2 rings (SSSR count). The fraction of sp³-hybridized carbons (Fsp3) is 0.667. The molecule has 1 N–H and O–H groups in total. The van der Waals surface area contributed by atoms with E-state index in [1.165, 1.54) is 37.8 Å².